The van der Waals surface area contributed by atoms with Crippen molar-refractivity contribution in [2.45, 2.75) is 33.4 Å². The number of anilines is 1. The highest BCUT2D eigenvalue weighted by molar-refractivity contribution is 7.86. The van der Waals surface area contributed by atoms with Crippen LogP contribution in [-0.4, -0.2) is 70.0 Å². The second-order valence-electron chi connectivity index (χ2n) is 10.1. The molecule has 0 aromatic heterocycles. The van der Waals surface area contributed by atoms with Gasteiger partial charge in [0.25, 0.3) is 40.5 Å². The lowest BCUT2D eigenvalue weighted by molar-refractivity contribution is -0.114. The lowest BCUT2D eigenvalue weighted by atomic mass is 10.0. The van der Waals surface area contributed by atoms with Gasteiger partial charge in [-0.15, -0.1) is 20.5 Å². The number of amides is 1. The summed E-state index contributed by atoms with van der Waals surface area (Å²) in [5.41, 5.74) is -2.30. The summed E-state index contributed by atoms with van der Waals surface area (Å²) < 4.78 is 138. The number of ether oxygens (including phenoxy) is 1. The van der Waals surface area contributed by atoms with E-state index in [1.807, 2.05) is 0 Å². The van der Waals surface area contributed by atoms with E-state index in [2.05, 4.69) is 25.8 Å². The first-order valence-electron chi connectivity index (χ1n) is 13.1. The van der Waals surface area contributed by atoms with Crippen LogP contribution in [-0.2, 0) is 45.3 Å². The molecule has 0 aliphatic heterocycles. The van der Waals surface area contributed by atoms with Crippen molar-refractivity contribution in [1.29, 1.82) is 0 Å². The molecule has 4 aromatic carbocycles. The molecule has 0 atom stereocenters. The van der Waals surface area contributed by atoms with E-state index in [-0.39, 0.29) is 39.1 Å². The minimum absolute atomic E-state index is 0.0467. The maximum Gasteiger partial charge on any atom is 0.296 e. The Labute approximate surface area is 283 Å². The van der Waals surface area contributed by atoms with Crippen LogP contribution >= 0.6 is 0 Å². The summed E-state index contributed by atoms with van der Waals surface area (Å²) in [6, 6.07) is 6.65. The molecule has 0 aliphatic carbocycles. The van der Waals surface area contributed by atoms with Crippen LogP contribution < -0.4 is 10.1 Å². The lowest BCUT2D eigenvalue weighted by Crippen LogP contribution is -2.06. The van der Waals surface area contributed by atoms with Gasteiger partial charge in [-0.1, -0.05) is 0 Å². The normalized spacial score (nSPS) is 12.9. The van der Waals surface area contributed by atoms with E-state index in [1.54, 1.807) is 0 Å². The van der Waals surface area contributed by atoms with Crippen molar-refractivity contribution in [3.8, 4) is 11.5 Å². The lowest BCUT2D eigenvalue weighted by Gasteiger charge is -2.13. The summed E-state index contributed by atoms with van der Waals surface area (Å²) in [5.74, 6) is -1.78. The fourth-order valence-electron chi connectivity index (χ4n) is 4.44. The van der Waals surface area contributed by atoms with E-state index in [9.17, 15) is 61.8 Å². The molecule has 0 bridgehead atoms. The second-order valence-corrected chi connectivity index (χ2v) is 15.7. The molecular weight excluding hydrogens is 751 g/mol. The van der Waals surface area contributed by atoms with E-state index in [4.69, 9.17) is 4.74 Å². The minimum atomic E-state index is -5.17. The molecule has 0 fully saturated rings. The molecule has 4 aromatic rings. The number of azo groups is 2. The molecule has 50 heavy (non-hydrogen) atoms. The molecular formula is C26H23N5O15S4. The number of hydrogen-bond acceptors (Lipinski definition) is 15. The van der Waals surface area contributed by atoms with E-state index in [0.29, 0.717) is 18.2 Å². The van der Waals surface area contributed by atoms with Crippen molar-refractivity contribution in [2.24, 2.45) is 20.5 Å². The Hall–Kier alpha value is -4.95. The number of phenolic OH excluding ortho intramolecular Hbond substituents is 1. The molecule has 0 heterocycles. The molecule has 24 heteroatoms. The quantitative estimate of drug-likeness (QED) is 0.0944. The summed E-state index contributed by atoms with van der Waals surface area (Å²) in [7, 11) is -18.7. The number of benzene rings is 4. The molecule has 0 radical (unpaired) electrons. The van der Waals surface area contributed by atoms with Gasteiger partial charge in [0, 0.05) is 18.4 Å². The molecule has 0 spiro atoms. The van der Waals surface area contributed by atoms with Gasteiger partial charge in [0.1, 0.15) is 38.3 Å². The third-order valence-corrected chi connectivity index (χ3v) is 9.98. The first kappa shape index (κ1) is 37.9. The Balaban J connectivity index is 1.93. The number of phenols is 1. The number of methoxy groups -OCH3 is 1. The highest BCUT2D eigenvalue weighted by Crippen LogP contribution is 2.45. The third kappa shape index (κ3) is 8.25. The summed E-state index contributed by atoms with van der Waals surface area (Å²) in [6.45, 7) is 2.42. The van der Waals surface area contributed by atoms with Crippen molar-refractivity contribution in [1.82, 2.24) is 0 Å². The van der Waals surface area contributed by atoms with Gasteiger partial charge in [0.15, 0.2) is 5.75 Å². The van der Waals surface area contributed by atoms with Crippen LogP contribution in [0, 0.1) is 6.92 Å². The van der Waals surface area contributed by atoms with Crippen LogP contribution in [0.15, 0.2) is 88.6 Å². The zero-order chi connectivity index (χ0) is 37.6. The number of rotatable bonds is 10. The van der Waals surface area contributed by atoms with Gasteiger partial charge in [-0.05, 0) is 60.3 Å². The van der Waals surface area contributed by atoms with Gasteiger partial charge >= 0.3 is 0 Å². The zero-order valence-electron chi connectivity index (χ0n) is 25.4. The highest BCUT2D eigenvalue weighted by atomic mass is 32.2. The first-order chi connectivity index (χ1) is 22.9. The van der Waals surface area contributed by atoms with Gasteiger partial charge in [0.2, 0.25) is 5.91 Å². The van der Waals surface area contributed by atoms with Crippen molar-refractivity contribution in [2.75, 3.05) is 12.4 Å². The summed E-state index contributed by atoms with van der Waals surface area (Å²) in [6.07, 6.45) is 0. The number of fused-ring (bicyclic) bond motifs is 1. The smallest absolute Gasteiger partial charge is 0.296 e. The molecule has 266 valence electrons. The van der Waals surface area contributed by atoms with Gasteiger partial charge in [-0.2, -0.15) is 33.7 Å². The van der Waals surface area contributed by atoms with Crippen molar-refractivity contribution in [3.05, 3.63) is 54.1 Å². The average Bonchev–Trinajstić information content (AvgIpc) is 2.97. The molecule has 0 saturated carbocycles. The fourth-order valence-corrected chi connectivity index (χ4v) is 6.81. The third-order valence-electron chi connectivity index (χ3n) is 6.53. The predicted octanol–water partition coefficient (Wildman–Crippen LogP) is 4.64. The Morgan fingerprint density at radius 3 is 1.80 bits per heavy atom. The second kappa shape index (κ2) is 13.4. The maximum atomic E-state index is 12.3. The van der Waals surface area contributed by atoms with Crippen molar-refractivity contribution >= 4 is 85.6 Å². The Morgan fingerprint density at radius 1 is 0.680 bits per heavy atom. The number of aryl methyl sites for hydroxylation is 1. The Morgan fingerprint density at radius 2 is 1.26 bits per heavy atom. The van der Waals surface area contributed by atoms with Crippen molar-refractivity contribution < 1.29 is 66.5 Å². The maximum absolute atomic E-state index is 12.3. The van der Waals surface area contributed by atoms with E-state index >= 15 is 0 Å². The van der Waals surface area contributed by atoms with E-state index in [1.165, 1.54) is 6.92 Å². The predicted molar refractivity (Wildman–Crippen MR) is 172 cm³/mol. The fraction of sp³-hybridized carbons (Fsp3) is 0.115. The standard InChI is InChI=1S/C26H23N5O15S4/c1-12-6-16(48(37,38)39)7-14-8-23(50(43,44)45)25(26(33)24(12)14)31-29-19-10-17(27-13(2)32)18(11-21(19)46-3)28-30-20-9-15(47(34,35)36)4-5-22(20)49(40,41)42/h4-11,33H,1-3H3,(H,27,32)(H,34,35,36)(H,37,38,39)(H,40,41,42)(H,43,44,45). The number of carbonyl (C=O) groups excluding carboxylic acids is 1. The first-order valence-corrected chi connectivity index (χ1v) is 18.8. The van der Waals surface area contributed by atoms with Gasteiger partial charge < -0.3 is 15.2 Å². The molecule has 0 saturated heterocycles. The zero-order valence-corrected chi connectivity index (χ0v) is 28.6. The number of hydrogen-bond donors (Lipinski definition) is 6. The largest absolute Gasteiger partial charge is 0.505 e. The molecule has 6 N–H and O–H groups in total. The minimum Gasteiger partial charge on any atom is -0.505 e. The SMILES string of the molecule is COc1cc(N=Nc2cc(S(=O)(=O)O)ccc2S(=O)(=O)O)c(NC(C)=O)cc1N=Nc1c(S(=O)(=O)O)cc2cc(S(=O)(=O)O)cc(C)c2c1O. The van der Waals surface area contributed by atoms with Crippen LogP contribution in [0.5, 0.6) is 11.5 Å². The number of aromatic hydroxyl groups is 1. The van der Waals surface area contributed by atoms with E-state index < -0.39 is 83.1 Å². The Bertz CT molecular complexity index is 2610. The number of nitrogens with one attached hydrogen (secondary N) is 1. The molecule has 1 amide bonds. The summed E-state index contributed by atoms with van der Waals surface area (Å²) in [5, 5.41) is 28.2. The molecule has 0 aliphatic rings. The average molecular weight is 774 g/mol. The Kier molecular flexibility index (Phi) is 10.1. The van der Waals surface area contributed by atoms with Crippen LogP contribution in [0.4, 0.5) is 28.4 Å². The van der Waals surface area contributed by atoms with E-state index in [0.717, 1.165) is 44.4 Å². The van der Waals surface area contributed by atoms with Crippen LogP contribution in [0.2, 0.25) is 0 Å². The molecule has 0 unspecified atom stereocenters. The molecule has 4 rings (SSSR count). The monoisotopic (exact) mass is 773 g/mol. The van der Waals surface area contributed by atoms with Crippen molar-refractivity contribution in [3.63, 3.8) is 0 Å². The highest BCUT2D eigenvalue weighted by Gasteiger charge is 2.25. The number of carbonyl (C=O) groups is 1. The number of nitrogens with zero attached hydrogens (tertiary/aromatic N) is 4. The van der Waals surface area contributed by atoms with Crippen LogP contribution in [0.1, 0.15) is 12.5 Å². The topological polar surface area (TPSA) is 325 Å². The molecule has 20 nitrogen and oxygen atoms in total. The van der Waals surface area contributed by atoms with Gasteiger partial charge in [0.05, 0.1) is 22.6 Å². The summed E-state index contributed by atoms with van der Waals surface area (Å²) >= 11 is 0. The van der Waals surface area contributed by atoms with Crippen LogP contribution in [0.25, 0.3) is 10.8 Å². The van der Waals surface area contributed by atoms with Gasteiger partial charge in [-0.3, -0.25) is 23.0 Å². The van der Waals surface area contributed by atoms with Gasteiger partial charge in [-0.25, -0.2) is 0 Å². The summed E-state index contributed by atoms with van der Waals surface area (Å²) in [4.78, 5) is 8.65. The van der Waals surface area contributed by atoms with Crippen LogP contribution in [0.3, 0.4) is 0 Å².